The van der Waals surface area contributed by atoms with Crippen molar-refractivity contribution in [2.45, 2.75) is 6.92 Å². The number of hydrogen-bond acceptors (Lipinski definition) is 4. The molecule has 7 heteroatoms. The van der Waals surface area contributed by atoms with Crippen molar-refractivity contribution >= 4 is 23.1 Å². The molecule has 0 fully saturated rings. The summed E-state index contributed by atoms with van der Waals surface area (Å²) in [7, 11) is 0. The molecule has 4 rings (SSSR count). The van der Waals surface area contributed by atoms with E-state index in [0.717, 1.165) is 16.9 Å². The average Bonchev–Trinajstić information content (AvgIpc) is 3.04. The molecule has 0 saturated heterocycles. The van der Waals surface area contributed by atoms with Crippen molar-refractivity contribution in [2.24, 2.45) is 0 Å². The summed E-state index contributed by atoms with van der Waals surface area (Å²) >= 11 is 5.94. The molecule has 2 heterocycles. The van der Waals surface area contributed by atoms with Crippen molar-refractivity contribution in [3.8, 4) is 17.2 Å². The van der Waals surface area contributed by atoms with Gasteiger partial charge in [-0.05, 0) is 31.2 Å². The van der Waals surface area contributed by atoms with E-state index in [1.54, 1.807) is 16.8 Å². The molecule has 0 aliphatic heterocycles. The first kappa shape index (κ1) is 17.1. The van der Waals surface area contributed by atoms with E-state index >= 15 is 0 Å². The van der Waals surface area contributed by atoms with Gasteiger partial charge in [-0.15, -0.1) is 0 Å². The molecule has 2 aromatic heterocycles. The topological polar surface area (TPSA) is 75.6 Å². The molecule has 4 aromatic rings. The van der Waals surface area contributed by atoms with Crippen LogP contribution in [0.1, 0.15) is 5.69 Å². The van der Waals surface area contributed by atoms with Gasteiger partial charge in [-0.25, -0.2) is 4.98 Å². The van der Waals surface area contributed by atoms with Gasteiger partial charge in [0.2, 0.25) is 5.95 Å². The molecular formula is C20H16ClN5O. The van der Waals surface area contributed by atoms with E-state index in [1.807, 2.05) is 55.5 Å². The first-order chi connectivity index (χ1) is 13.1. The average molecular weight is 378 g/mol. The van der Waals surface area contributed by atoms with Crippen molar-refractivity contribution in [1.29, 1.82) is 0 Å². The Morgan fingerprint density at radius 2 is 1.78 bits per heavy atom. The Hall–Kier alpha value is -3.38. The predicted octanol–water partition coefficient (Wildman–Crippen LogP) is 4.33. The van der Waals surface area contributed by atoms with E-state index < -0.39 is 0 Å². The second-order valence-corrected chi connectivity index (χ2v) is 6.47. The summed E-state index contributed by atoms with van der Waals surface area (Å²) in [5, 5.41) is 8.40. The first-order valence-electron chi connectivity index (χ1n) is 8.35. The van der Waals surface area contributed by atoms with Gasteiger partial charge in [0.05, 0.1) is 11.4 Å². The van der Waals surface area contributed by atoms with Gasteiger partial charge in [-0.3, -0.25) is 9.78 Å². The minimum absolute atomic E-state index is 0.246. The molecule has 0 amide bonds. The Balaban J connectivity index is 1.77. The molecule has 2 aromatic carbocycles. The van der Waals surface area contributed by atoms with Gasteiger partial charge in [-0.1, -0.05) is 41.9 Å². The number of nitrogens with zero attached hydrogens (tertiary/aromatic N) is 3. The lowest BCUT2D eigenvalue weighted by atomic mass is 10.1. The minimum Gasteiger partial charge on any atom is -0.340 e. The molecular weight excluding hydrogens is 362 g/mol. The van der Waals surface area contributed by atoms with Gasteiger partial charge in [0.15, 0.2) is 0 Å². The summed E-state index contributed by atoms with van der Waals surface area (Å²) in [6, 6.07) is 20.2. The zero-order chi connectivity index (χ0) is 18.8. The van der Waals surface area contributed by atoms with Crippen molar-refractivity contribution in [3.05, 3.63) is 87.8 Å². The Morgan fingerprint density at radius 3 is 2.52 bits per heavy atom. The molecule has 0 atom stereocenters. The summed E-state index contributed by atoms with van der Waals surface area (Å²) in [6.45, 7) is 1.88. The molecule has 134 valence electrons. The zero-order valence-electron chi connectivity index (χ0n) is 14.5. The first-order valence-corrected chi connectivity index (χ1v) is 8.73. The zero-order valence-corrected chi connectivity index (χ0v) is 15.2. The second-order valence-electron chi connectivity index (χ2n) is 6.03. The smallest absolute Gasteiger partial charge is 0.252 e. The Kier molecular flexibility index (Phi) is 4.48. The summed E-state index contributed by atoms with van der Waals surface area (Å²) in [6.07, 6.45) is 0. The lowest BCUT2D eigenvalue weighted by Gasteiger charge is -2.10. The number of hydrogen-bond donors (Lipinski definition) is 2. The van der Waals surface area contributed by atoms with E-state index in [4.69, 9.17) is 11.6 Å². The Morgan fingerprint density at radius 1 is 1.04 bits per heavy atom. The van der Waals surface area contributed by atoms with Crippen LogP contribution in [0.4, 0.5) is 11.5 Å². The van der Waals surface area contributed by atoms with E-state index in [0.29, 0.717) is 22.5 Å². The van der Waals surface area contributed by atoms with Crippen LogP contribution in [0, 0.1) is 6.92 Å². The summed E-state index contributed by atoms with van der Waals surface area (Å²) < 4.78 is 1.58. The highest BCUT2D eigenvalue weighted by Gasteiger charge is 2.12. The highest BCUT2D eigenvalue weighted by molar-refractivity contribution is 6.30. The van der Waals surface area contributed by atoms with Gasteiger partial charge in [-0.2, -0.15) is 9.78 Å². The van der Waals surface area contributed by atoms with E-state index in [-0.39, 0.29) is 5.56 Å². The molecule has 0 bridgehead atoms. The standard InChI is InChI=1S/C20H16ClN5O/c1-13-11-18(22-16-9-7-15(21)8-10-16)26(25-13)20-23-17(12-19(27)24-20)14-5-3-2-4-6-14/h2-12,22H,1H3,(H,23,24,27). The number of aromatic amines is 1. The Bertz CT molecular complexity index is 1130. The van der Waals surface area contributed by atoms with Gasteiger partial charge in [0.1, 0.15) is 5.82 Å². The third-order valence-corrected chi connectivity index (χ3v) is 4.20. The molecule has 27 heavy (non-hydrogen) atoms. The second kappa shape index (κ2) is 7.09. The van der Waals surface area contributed by atoms with Crippen LogP contribution in [0.5, 0.6) is 0 Å². The number of aromatic nitrogens is 4. The van der Waals surface area contributed by atoms with Crippen LogP contribution in [0.3, 0.4) is 0 Å². The summed E-state index contributed by atoms with van der Waals surface area (Å²) in [5.41, 5.74) is 2.84. The van der Waals surface area contributed by atoms with Crippen LogP contribution in [0.15, 0.2) is 71.5 Å². The normalized spacial score (nSPS) is 10.7. The number of aryl methyl sites for hydroxylation is 1. The Labute approximate surface area is 160 Å². The number of rotatable bonds is 4. The van der Waals surface area contributed by atoms with E-state index in [9.17, 15) is 4.79 Å². The molecule has 0 radical (unpaired) electrons. The molecule has 0 unspecified atom stereocenters. The number of nitrogens with one attached hydrogen (secondary N) is 2. The van der Waals surface area contributed by atoms with Gasteiger partial charge in [0, 0.05) is 28.4 Å². The van der Waals surface area contributed by atoms with Crippen LogP contribution < -0.4 is 10.9 Å². The highest BCUT2D eigenvalue weighted by Crippen LogP contribution is 2.22. The van der Waals surface area contributed by atoms with E-state index in [1.165, 1.54) is 6.07 Å². The molecule has 0 saturated carbocycles. The summed E-state index contributed by atoms with van der Waals surface area (Å²) in [4.78, 5) is 19.5. The maximum atomic E-state index is 12.2. The maximum absolute atomic E-state index is 12.2. The van der Waals surface area contributed by atoms with Gasteiger partial charge < -0.3 is 5.32 Å². The van der Waals surface area contributed by atoms with Gasteiger partial charge in [0.25, 0.3) is 5.56 Å². The number of H-pyrrole nitrogens is 1. The number of anilines is 2. The fraction of sp³-hybridized carbons (Fsp3) is 0.0500. The fourth-order valence-electron chi connectivity index (χ4n) is 2.73. The molecule has 0 aliphatic carbocycles. The minimum atomic E-state index is -0.246. The highest BCUT2D eigenvalue weighted by atomic mass is 35.5. The number of halogens is 1. The van der Waals surface area contributed by atoms with Crippen LogP contribution in [-0.2, 0) is 0 Å². The SMILES string of the molecule is Cc1cc(Nc2ccc(Cl)cc2)n(-c2nc(-c3ccccc3)cc(=O)[nH]2)n1. The maximum Gasteiger partial charge on any atom is 0.252 e. The fourth-order valence-corrected chi connectivity index (χ4v) is 2.86. The van der Waals surface area contributed by atoms with Crippen molar-refractivity contribution in [3.63, 3.8) is 0 Å². The number of benzene rings is 2. The van der Waals surface area contributed by atoms with Crippen LogP contribution in [0.25, 0.3) is 17.2 Å². The lowest BCUT2D eigenvalue weighted by molar-refractivity contribution is 0.799. The third-order valence-electron chi connectivity index (χ3n) is 3.95. The van der Waals surface area contributed by atoms with Gasteiger partial charge >= 0.3 is 0 Å². The summed E-state index contributed by atoms with van der Waals surface area (Å²) in [5.74, 6) is 1.02. The van der Waals surface area contributed by atoms with Crippen LogP contribution in [0.2, 0.25) is 5.02 Å². The third kappa shape index (κ3) is 3.75. The quantitative estimate of drug-likeness (QED) is 0.555. The van der Waals surface area contributed by atoms with Crippen LogP contribution in [-0.4, -0.2) is 19.7 Å². The van der Waals surface area contributed by atoms with Crippen LogP contribution >= 0.6 is 11.6 Å². The predicted molar refractivity (Wildman–Crippen MR) is 107 cm³/mol. The molecule has 6 nitrogen and oxygen atoms in total. The molecule has 0 aliphatic rings. The van der Waals surface area contributed by atoms with Crippen molar-refractivity contribution in [2.75, 3.05) is 5.32 Å². The van der Waals surface area contributed by atoms with Crippen molar-refractivity contribution < 1.29 is 0 Å². The monoisotopic (exact) mass is 377 g/mol. The lowest BCUT2D eigenvalue weighted by Crippen LogP contribution is -2.15. The van der Waals surface area contributed by atoms with E-state index in [2.05, 4.69) is 20.4 Å². The molecule has 2 N–H and O–H groups in total. The van der Waals surface area contributed by atoms with Crippen molar-refractivity contribution in [1.82, 2.24) is 19.7 Å². The molecule has 0 spiro atoms. The largest absolute Gasteiger partial charge is 0.340 e.